The third-order valence-corrected chi connectivity index (χ3v) is 5.03. The van der Waals surface area contributed by atoms with Gasteiger partial charge in [0.1, 0.15) is 17.3 Å². The van der Waals surface area contributed by atoms with Gasteiger partial charge >= 0.3 is 0 Å². The largest absolute Gasteiger partial charge is 0.464 e. The van der Waals surface area contributed by atoms with Crippen molar-refractivity contribution >= 4 is 17.5 Å². The predicted octanol–water partition coefficient (Wildman–Crippen LogP) is 5.81. The van der Waals surface area contributed by atoms with Gasteiger partial charge in [-0.25, -0.2) is 4.39 Å². The number of hydrogen-bond donors (Lipinski definition) is 0. The number of aryl methyl sites for hydroxylation is 1. The molecule has 1 unspecified atom stereocenters. The van der Waals surface area contributed by atoms with Crippen LogP contribution in [0.5, 0.6) is 0 Å². The zero-order valence-electron chi connectivity index (χ0n) is 13.5. The molecule has 0 radical (unpaired) electrons. The number of ketones is 1. The zero-order chi connectivity index (χ0) is 17.1. The number of carbonyl (C=O) groups is 1. The van der Waals surface area contributed by atoms with Gasteiger partial charge in [0.15, 0.2) is 5.78 Å². The average Bonchev–Trinajstić information content (AvgIpc) is 2.97. The first kappa shape index (κ1) is 16.5. The molecule has 0 amide bonds. The molecule has 0 bridgehead atoms. The second kappa shape index (κ2) is 7.05. The molecule has 24 heavy (non-hydrogen) atoms. The molecule has 122 valence electrons. The van der Waals surface area contributed by atoms with Gasteiger partial charge in [0.25, 0.3) is 0 Å². The smallest absolute Gasteiger partial charge is 0.163 e. The van der Waals surface area contributed by atoms with Crippen molar-refractivity contribution in [2.45, 2.75) is 24.0 Å². The Morgan fingerprint density at radius 1 is 1.08 bits per heavy atom. The highest BCUT2D eigenvalue weighted by Gasteiger charge is 2.22. The van der Waals surface area contributed by atoms with Gasteiger partial charge < -0.3 is 4.42 Å². The minimum atomic E-state index is -0.261. The lowest BCUT2D eigenvalue weighted by molar-refractivity contribution is 0.101. The Hall–Kier alpha value is -2.33. The Labute approximate surface area is 144 Å². The van der Waals surface area contributed by atoms with Gasteiger partial charge in [-0.05, 0) is 49.7 Å². The van der Waals surface area contributed by atoms with E-state index in [0.717, 1.165) is 16.2 Å². The molecule has 0 aliphatic carbocycles. The summed E-state index contributed by atoms with van der Waals surface area (Å²) >= 11 is 1.57. The normalized spacial score (nSPS) is 12.1. The highest BCUT2D eigenvalue weighted by molar-refractivity contribution is 7.99. The van der Waals surface area contributed by atoms with Crippen LogP contribution in [0, 0.1) is 12.7 Å². The number of hydrogen-bond acceptors (Lipinski definition) is 3. The van der Waals surface area contributed by atoms with Crippen LogP contribution < -0.4 is 0 Å². The fraction of sp³-hybridized carbons (Fsp3) is 0.150. The predicted molar refractivity (Wildman–Crippen MR) is 94.0 cm³/mol. The van der Waals surface area contributed by atoms with E-state index in [2.05, 4.69) is 0 Å². The number of carbonyl (C=O) groups excluding carboxylic acids is 1. The molecule has 0 aliphatic rings. The first-order valence-corrected chi connectivity index (χ1v) is 8.51. The molecule has 0 spiro atoms. The standard InChI is InChI=1S/C20H17FO2S/c1-13(22)18-12-19(23-14(18)2)20(15-6-4-3-5-7-15)24-17-10-8-16(21)9-11-17/h3-12,20H,1-2H3. The molecule has 0 N–H and O–H groups in total. The molecule has 0 saturated carbocycles. The maximum atomic E-state index is 13.1. The van der Waals surface area contributed by atoms with Crippen LogP contribution in [0.15, 0.2) is 70.0 Å². The molecule has 2 nitrogen and oxygen atoms in total. The van der Waals surface area contributed by atoms with Crippen LogP contribution >= 0.6 is 11.8 Å². The van der Waals surface area contributed by atoms with Crippen molar-refractivity contribution in [3.8, 4) is 0 Å². The van der Waals surface area contributed by atoms with Gasteiger partial charge in [-0.3, -0.25) is 4.79 Å². The fourth-order valence-corrected chi connectivity index (χ4v) is 3.64. The lowest BCUT2D eigenvalue weighted by Crippen LogP contribution is -1.95. The quantitative estimate of drug-likeness (QED) is 0.433. The van der Waals surface area contributed by atoms with Crippen LogP contribution in [0.4, 0.5) is 4.39 Å². The van der Waals surface area contributed by atoms with Crippen molar-refractivity contribution in [2.75, 3.05) is 0 Å². The van der Waals surface area contributed by atoms with Gasteiger partial charge in [-0.15, -0.1) is 11.8 Å². The molecule has 0 saturated heterocycles. The third-order valence-electron chi connectivity index (χ3n) is 3.74. The molecule has 2 aromatic carbocycles. The maximum Gasteiger partial charge on any atom is 0.163 e. The Morgan fingerprint density at radius 3 is 2.33 bits per heavy atom. The van der Waals surface area contributed by atoms with Crippen molar-refractivity contribution in [3.63, 3.8) is 0 Å². The lowest BCUT2D eigenvalue weighted by atomic mass is 10.1. The summed E-state index contributed by atoms with van der Waals surface area (Å²) in [5, 5.41) is -0.108. The highest BCUT2D eigenvalue weighted by Crippen LogP contribution is 2.41. The van der Waals surface area contributed by atoms with E-state index >= 15 is 0 Å². The molecular weight excluding hydrogens is 323 g/mol. The number of halogens is 1. The number of rotatable bonds is 5. The molecule has 1 atom stereocenters. The van der Waals surface area contributed by atoms with E-state index in [1.54, 1.807) is 30.8 Å². The van der Waals surface area contributed by atoms with E-state index in [4.69, 9.17) is 4.42 Å². The molecule has 0 fully saturated rings. The summed E-state index contributed by atoms with van der Waals surface area (Å²) in [5.74, 6) is 1.07. The van der Waals surface area contributed by atoms with Gasteiger partial charge in [-0.2, -0.15) is 0 Å². The van der Waals surface area contributed by atoms with Crippen LogP contribution in [0.25, 0.3) is 0 Å². The second-order valence-electron chi connectivity index (χ2n) is 5.54. The summed E-state index contributed by atoms with van der Waals surface area (Å²) in [7, 11) is 0. The molecule has 4 heteroatoms. The van der Waals surface area contributed by atoms with E-state index in [1.807, 2.05) is 36.4 Å². The molecular formula is C20H17FO2S. The van der Waals surface area contributed by atoms with E-state index < -0.39 is 0 Å². The van der Waals surface area contributed by atoms with Crippen LogP contribution in [0.1, 0.15) is 39.6 Å². The van der Waals surface area contributed by atoms with Crippen LogP contribution in [0.2, 0.25) is 0 Å². The molecule has 1 aromatic heterocycles. The van der Waals surface area contributed by atoms with Crippen LogP contribution in [-0.2, 0) is 0 Å². The van der Waals surface area contributed by atoms with Crippen molar-refractivity contribution in [1.29, 1.82) is 0 Å². The first-order chi connectivity index (χ1) is 11.5. The van der Waals surface area contributed by atoms with Crippen molar-refractivity contribution in [2.24, 2.45) is 0 Å². The summed E-state index contributed by atoms with van der Waals surface area (Å²) in [6.45, 7) is 3.33. The molecule has 0 aliphatic heterocycles. The third kappa shape index (κ3) is 3.60. The van der Waals surface area contributed by atoms with Crippen molar-refractivity contribution in [1.82, 2.24) is 0 Å². The molecule has 3 aromatic rings. The number of benzene rings is 2. The minimum Gasteiger partial charge on any atom is -0.464 e. The van der Waals surface area contributed by atoms with Gasteiger partial charge in [0.2, 0.25) is 0 Å². The average molecular weight is 340 g/mol. The molecule has 1 heterocycles. The van der Waals surface area contributed by atoms with Crippen LogP contribution in [-0.4, -0.2) is 5.78 Å². The van der Waals surface area contributed by atoms with Gasteiger partial charge in [0.05, 0.1) is 10.8 Å². The minimum absolute atomic E-state index is 0.0129. The summed E-state index contributed by atoms with van der Waals surface area (Å²) < 4.78 is 19.0. The van der Waals surface area contributed by atoms with Gasteiger partial charge in [0, 0.05) is 4.90 Å². The summed E-state index contributed by atoms with van der Waals surface area (Å²) in [4.78, 5) is 12.7. The Kier molecular flexibility index (Phi) is 4.86. The van der Waals surface area contributed by atoms with E-state index in [0.29, 0.717) is 11.3 Å². The maximum absolute atomic E-state index is 13.1. The van der Waals surface area contributed by atoms with E-state index in [-0.39, 0.29) is 16.9 Å². The lowest BCUT2D eigenvalue weighted by Gasteiger charge is -2.15. The number of furan rings is 1. The highest BCUT2D eigenvalue weighted by atomic mass is 32.2. The topological polar surface area (TPSA) is 30.2 Å². The Bertz CT molecular complexity index is 838. The summed E-state index contributed by atoms with van der Waals surface area (Å²) in [5.41, 5.74) is 1.67. The van der Waals surface area contributed by atoms with Crippen LogP contribution in [0.3, 0.4) is 0 Å². The monoisotopic (exact) mass is 340 g/mol. The Balaban J connectivity index is 2.00. The van der Waals surface area contributed by atoms with Gasteiger partial charge in [-0.1, -0.05) is 30.3 Å². The Morgan fingerprint density at radius 2 is 1.75 bits per heavy atom. The van der Waals surface area contributed by atoms with E-state index in [9.17, 15) is 9.18 Å². The van der Waals surface area contributed by atoms with Crippen molar-refractivity contribution in [3.05, 3.63) is 89.1 Å². The molecule has 3 rings (SSSR count). The van der Waals surface area contributed by atoms with E-state index in [1.165, 1.54) is 19.1 Å². The SMILES string of the molecule is CC(=O)c1cc(C(Sc2ccc(F)cc2)c2ccccc2)oc1C. The summed E-state index contributed by atoms with van der Waals surface area (Å²) in [6.07, 6.45) is 0. The fourth-order valence-electron chi connectivity index (χ4n) is 2.55. The first-order valence-electron chi connectivity index (χ1n) is 7.63. The number of Topliss-reactive ketones (excluding diaryl/α,β-unsaturated/α-hetero) is 1. The van der Waals surface area contributed by atoms with Crippen molar-refractivity contribution < 1.29 is 13.6 Å². The number of thioether (sulfide) groups is 1. The summed E-state index contributed by atoms with van der Waals surface area (Å²) in [6, 6.07) is 18.1. The second-order valence-corrected chi connectivity index (χ2v) is 6.72. The zero-order valence-corrected chi connectivity index (χ0v) is 14.3.